The fraction of sp³-hybridized carbons (Fsp3) is 0.444. The smallest absolute Gasteiger partial charge is 0.123 e. The summed E-state index contributed by atoms with van der Waals surface area (Å²) in [5, 5.41) is 3.36. The van der Waals surface area contributed by atoms with Gasteiger partial charge in [-0.05, 0) is 74.5 Å². The van der Waals surface area contributed by atoms with Crippen molar-refractivity contribution in [3.63, 3.8) is 0 Å². The van der Waals surface area contributed by atoms with Crippen molar-refractivity contribution in [1.29, 1.82) is 0 Å². The summed E-state index contributed by atoms with van der Waals surface area (Å²) in [6.07, 6.45) is 6.35. The minimum absolute atomic E-state index is 0.0938. The second-order valence-electron chi connectivity index (χ2n) is 5.94. The molecular formula is C18H22FNS. The fourth-order valence-corrected chi connectivity index (χ4v) is 4.63. The molecule has 1 N–H and O–H groups in total. The summed E-state index contributed by atoms with van der Waals surface area (Å²) in [6.45, 7) is 1.95. The van der Waals surface area contributed by atoms with Crippen molar-refractivity contribution in [1.82, 2.24) is 5.32 Å². The molecule has 3 heteroatoms. The molecule has 0 fully saturated rings. The van der Waals surface area contributed by atoms with E-state index in [1.54, 1.807) is 12.1 Å². The summed E-state index contributed by atoms with van der Waals surface area (Å²) < 4.78 is 13.7. The Labute approximate surface area is 130 Å². The minimum Gasteiger partial charge on any atom is -0.309 e. The molecule has 0 bridgehead atoms. The van der Waals surface area contributed by atoms with Crippen molar-refractivity contribution in [2.45, 2.75) is 45.1 Å². The molecule has 1 aliphatic rings. The lowest BCUT2D eigenvalue weighted by Gasteiger charge is -2.16. The van der Waals surface area contributed by atoms with Gasteiger partial charge in [0.15, 0.2) is 0 Å². The first-order valence-electron chi connectivity index (χ1n) is 7.73. The maximum atomic E-state index is 13.7. The molecule has 0 amide bonds. The number of thiophene rings is 1. The van der Waals surface area contributed by atoms with Crippen LogP contribution in [0.15, 0.2) is 24.3 Å². The second kappa shape index (κ2) is 6.29. The lowest BCUT2D eigenvalue weighted by atomic mass is 10.0. The Morgan fingerprint density at radius 2 is 1.90 bits per heavy atom. The predicted octanol–water partition coefficient (Wildman–Crippen LogP) is 4.77. The van der Waals surface area contributed by atoms with Crippen molar-refractivity contribution in [3.8, 4) is 0 Å². The number of aryl methyl sites for hydroxylation is 3. The predicted molar refractivity (Wildman–Crippen MR) is 87.6 cm³/mol. The van der Waals surface area contributed by atoms with Crippen molar-refractivity contribution in [2.24, 2.45) is 0 Å². The van der Waals surface area contributed by atoms with Crippen LogP contribution in [0, 0.1) is 12.7 Å². The van der Waals surface area contributed by atoms with Crippen LogP contribution >= 0.6 is 11.3 Å². The number of hydrogen-bond acceptors (Lipinski definition) is 2. The van der Waals surface area contributed by atoms with Crippen LogP contribution in [0.4, 0.5) is 4.39 Å². The van der Waals surface area contributed by atoms with Crippen molar-refractivity contribution >= 4 is 11.3 Å². The Kier molecular flexibility index (Phi) is 4.41. The molecule has 1 aromatic carbocycles. The van der Waals surface area contributed by atoms with Crippen LogP contribution in [0.1, 0.15) is 51.7 Å². The maximum Gasteiger partial charge on any atom is 0.123 e. The molecular weight excluding hydrogens is 281 g/mol. The van der Waals surface area contributed by atoms with Gasteiger partial charge in [-0.3, -0.25) is 0 Å². The first-order valence-corrected chi connectivity index (χ1v) is 8.55. The minimum atomic E-state index is -0.150. The number of halogens is 1. The van der Waals surface area contributed by atoms with Crippen LogP contribution in [-0.4, -0.2) is 7.05 Å². The van der Waals surface area contributed by atoms with Crippen LogP contribution in [0.2, 0.25) is 0 Å². The van der Waals surface area contributed by atoms with Gasteiger partial charge in [-0.1, -0.05) is 12.5 Å². The molecule has 0 radical (unpaired) electrons. The van der Waals surface area contributed by atoms with Crippen LogP contribution in [0.25, 0.3) is 0 Å². The first kappa shape index (κ1) is 14.7. The molecule has 1 aromatic heterocycles. The third kappa shape index (κ3) is 3.19. The van der Waals surface area contributed by atoms with Crippen molar-refractivity contribution < 1.29 is 4.39 Å². The topological polar surface area (TPSA) is 12.0 Å². The summed E-state index contributed by atoms with van der Waals surface area (Å²) >= 11 is 1.90. The molecule has 1 unspecified atom stereocenters. The third-order valence-electron chi connectivity index (χ3n) is 4.24. The molecule has 0 spiro atoms. The molecule has 1 nitrogen and oxygen atoms in total. The van der Waals surface area contributed by atoms with E-state index in [9.17, 15) is 4.39 Å². The number of rotatable bonds is 3. The van der Waals surface area contributed by atoms with E-state index in [0.29, 0.717) is 0 Å². The fourth-order valence-electron chi connectivity index (χ4n) is 3.24. The Bertz CT molecular complexity index is 588. The molecule has 21 heavy (non-hydrogen) atoms. The molecule has 1 atom stereocenters. The van der Waals surface area contributed by atoms with Crippen molar-refractivity contribution in [3.05, 3.63) is 56.5 Å². The molecule has 1 heterocycles. The monoisotopic (exact) mass is 303 g/mol. The van der Waals surface area contributed by atoms with Gasteiger partial charge in [-0.15, -0.1) is 11.3 Å². The molecule has 1 aliphatic carbocycles. The number of fused-ring (bicyclic) bond motifs is 1. The molecule has 0 saturated carbocycles. The third-order valence-corrected chi connectivity index (χ3v) is 5.54. The van der Waals surface area contributed by atoms with Gasteiger partial charge >= 0.3 is 0 Å². The van der Waals surface area contributed by atoms with Crippen molar-refractivity contribution in [2.75, 3.05) is 7.05 Å². The van der Waals surface area contributed by atoms with Gasteiger partial charge in [0.25, 0.3) is 0 Å². The largest absolute Gasteiger partial charge is 0.309 e. The second-order valence-corrected chi connectivity index (χ2v) is 7.11. The maximum absolute atomic E-state index is 13.7. The van der Waals surface area contributed by atoms with E-state index in [-0.39, 0.29) is 11.9 Å². The Balaban J connectivity index is 1.96. The van der Waals surface area contributed by atoms with Gasteiger partial charge in [0.05, 0.1) is 6.04 Å². The van der Waals surface area contributed by atoms with Crippen LogP contribution < -0.4 is 5.32 Å². The van der Waals surface area contributed by atoms with Crippen LogP contribution in [0.5, 0.6) is 0 Å². The quantitative estimate of drug-likeness (QED) is 0.805. The summed E-state index contributed by atoms with van der Waals surface area (Å²) in [5.74, 6) is -0.150. The van der Waals surface area contributed by atoms with E-state index < -0.39 is 0 Å². The molecule has 112 valence electrons. The average Bonchev–Trinajstić information content (AvgIpc) is 2.69. The zero-order valence-corrected chi connectivity index (χ0v) is 13.5. The van der Waals surface area contributed by atoms with Crippen LogP contribution in [0.3, 0.4) is 0 Å². The van der Waals surface area contributed by atoms with E-state index in [0.717, 1.165) is 11.1 Å². The summed E-state index contributed by atoms with van der Waals surface area (Å²) in [6, 6.07) is 7.75. The average molecular weight is 303 g/mol. The SMILES string of the molecule is CNC(c1cc(C)cc(F)c1)c1cc2c(s1)CCCCC2. The Morgan fingerprint density at radius 1 is 1.10 bits per heavy atom. The number of hydrogen-bond donors (Lipinski definition) is 1. The zero-order valence-electron chi connectivity index (χ0n) is 12.7. The van der Waals surface area contributed by atoms with Gasteiger partial charge in [-0.25, -0.2) is 4.39 Å². The van der Waals surface area contributed by atoms with E-state index in [4.69, 9.17) is 0 Å². The molecule has 2 aromatic rings. The van der Waals surface area contributed by atoms with Gasteiger partial charge in [0.2, 0.25) is 0 Å². The van der Waals surface area contributed by atoms with Gasteiger partial charge in [0.1, 0.15) is 5.82 Å². The summed E-state index contributed by atoms with van der Waals surface area (Å²) in [7, 11) is 1.95. The van der Waals surface area contributed by atoms with E-state index in [1.165, 1.54) is 47.4 Å². The van der Waals surface area contributed by atoms with E-state index in [1.807, 2.05) is 25.3 Å². The first-order chi connectivity index (χ1) is 10.2. The molecule has 0 saturated heterocycles. The lowest BCUT2D eigenvalue weighted by Crippen LogP contribution is -2.16. The lowest BCUT2D eigenvalue weighted by molar-refractivity contribution is 0.616. The highest BCUT2D eigenvalue weighted by Gasteiger charge is 2.19. The van der Waals surface area contributed by atoms with Gasteiger partial charge < -0.3 is 5.32 Å². The normalized spacial score (nSPS) is 16.3. The zero-order chi connectivity index (χ0) is 14.8. The van der Waals surface area contributed by atoms with E-state index in [2.05, 4.69) is 17.4 Å². The highest BCUT2D eigenvalue weighted by atomic mass is 32.1. The standard InChI is InChI=1S/C18H22FNS/c1-12-8-14(10-15(19)9-12)18(20-2)17-11-13-6-4-3-5-7-16(13)21-17/h8-11,18,20H,3-7H2,1-2H3. The highest BCUT2D eigenvalue weighted by Crippen LogP contribution is 2.35. The molecule has 0 aliphatic heterocycles. The Morgan fingerprint density at radius 3 is 2.67 bits per heavy atom. The van der Waals surface area contributed by atoms with Gasteiger partial charge in [-0.2, -0.15) is 0 Å². The highest BCUT2D eigenvalue weighted by molar-refractivity contribution is 7.12. The summed E-state index contributed by atoms with van der Waals surface area (Å²) in [5.41, 5.74) is 3.51. The summed E-state index contributed by atoms with van der Waals surface area (Å²) in [4.78, 5) is 2.85. The van der Waals surface area contributed by atoms with Crippen LogP contribution in [-0.2, 0) is 12.8 Å². The molecule has 3 rings (SSSR count). The number of benzene rings is 1. The van der Waals surface area contributed by atoms with E-state index >= 15 is 0 Å². The van der Waals surface area contributed by atoms with Gasteiger partial charge in [0, 0.05) is 9.75 Å². The Hall–Kier alpha value is -1.19. The number of nitrogens with one attached hydrogen (secondary N) is 1.